The maximum atomic E-state index is 10.9. The second-order valence-electron chi connectivity index (χ2n) is 2.78. The average Bonchev–Trinajstić information content (AvgIpc) is 2.14. The molecule has 0 atom stereocenters. The van der Waals surface area contributed by atoms with Gasteiger partial charge in [-0.25, -0.2) is 8.42 Å². The molecule has 3 nitrogen and oxygen atoms in total. The van der Waals surface area contributed by atoms with Crippen LogP contribution in [0.4, 0.5) is 0 Å². The van der Waals surface area contributed by atoms with Crippen molar-refractivity contribution in [3.05, 3.63) is 29.8 Å². The minimum atomic E-state index is -3.60. The molecule has 0 aliphatic carbocycles. The second-order valence-corrected chi connectivity index (χ2v) is 5.34. The Kier molecular flexibility index (Phi) is 3.66. The van der Waals surface area contributed by atoms with E-state index in [2.05, 4.69) is 11.7 Å². The van der Waals surface area contributed by atoms with Gasteiger partial charge in [-0.2, -0.15) is 0 Å². The molecular weight excluding hydrogens is 222 g/mol. The fourth-order valence-electron chi connectivity index (χ4n) is 1.03. The highest BCUT2D eigenvalue weighted by Crippen LogP contribution is 2.15. The molecule has 1 aromatic rings. The van der Waals surface area contributed by atoms with Crippen molar-refractivity contribution in [1.82, 2.24) is 0 Å². The van der Waals surface area contributed by atoms with Gasteiger partial charge in [0.1, 0.15) is 0 Å². The molecule has 0 spiro atoms. The van der Waals surface area contributed by atoms with Gasteiger partial charge in [0, 0.05) is 17.2 Å². The molecule has 76 valence electrons. The number of nitrogens with zero attached hydrogens (tertiary/aromatic N) is 1. The molecule has 0 radical (unpaired) electrons. The molecule has 0 heterocycles. The van der Waals surface area contributed by atoms with Crippen LogP contribution in [-0.4, -0.2) is 21.7 Å². The standard InChI is InChI=1S/C9H10ClNO2S/c1-11-7-6-8-2-4-9(5-3-8)14(10,12)13/h2-5H,1,6-7H2. The lowest BCUT2D eigenvalue weighted by Crippen LogP contribution is -1.93. The van der Waals surface area contributed by atoms with Crippen molar-refractivity contribution in [2.45, 2.75) is 11.3 Å². The summed E-state index contributed by atoms with van der Waals surface area (Å²) in [5.74, 6) is 0. The van der Waals surface area contributed by atoms with Gasteiger partial charge < -0.3 is 4.99 Å². The number of aliphatic imine (C=N–C) groups is 1. The lowest BCUT2D eigenvalue weighted by atomic mass is 10.2. The highest BCUT2D eigenvalue weighted by atomic mass is 35.7. The molecule has 1 rings (SSSR count). The van der Waals surface area contributed by atoms with E-state index in [0.717, 1.165) is 12.0 Å². The number of hydrogen-bond donors (Lipinski definition) is 0. The molecule has 0 N–H and O–H groups in total. The first-order chi connectivity index (χ1) is 6.54. The summed E-state index contributed by atoms with van der Waals surface area (Å²) in [5, 5.41) is 0. The zero-order valence-corrected chi connectivity index (χ0v) is 9.05. The van der Waals surface area contributed by atoms with Gasteiger partial charge in [-0.15, -0.1) is 0 Å². The van der Waals surface area contributed by atoms with Crippen LogP contribution >= 0.6 is 10.7 Å². The summed E-state index contributed by atoms with van der Waals surface area (Å²) in [6.07, 6.45) is 0.756. The summed E-state index contributed by atoms with van der Waals surface area (Å²) in [6.45, 7) is 4.00. The van der Waals surface area contributed by atoms with Gasteiger partial charge >= 0.3 is 0 Å². The van der Waals surface area contributed by atoms with E-state index >= 15 is 0 Å². The van der Waals surface area contributed by atoms with Crippen LogP contribution in [0.1, 0.15) is 5.56 Å². The van der Waals surface area contributed by atoms with Crippen molar-refractivity contribution >= 4 is 26.5 Å². The summed E-state index contributed by atoms with van der Waals surface area (Å²) in [7, 11) is 1.56. The lowest BCUT2D eigenvalue weighted by Gasteiger charge is -1.99. The van der Waals surface area contributed by atoms with Crippen molar-refractivity contribution in [3.8, 4) is 0 Å². The van der Waals surface area contributed by atoms with Crippen LogP contribution in [0.3, 0.4) is 0 Å². The van der Waals surface area contributed by atoms with Crippen LogP contribution in [-0.2, 0) is 15.5 Å². The minimum Gasteiger partial charge on any atom is -0.301 e. The van der Waals surface area contributed by atoms with E-state index in [1.165, 1.54) is 12.1 Å². The van der Waals surface area contributed by atoms with Gasteiger partial charge in [-0.3, -0.25) is 0 Å². The third-order valence-electron chi connectivity index (χ3n) is 1.76. The second kappa shape index (κ2) is 4.57. The van der Waals surface area contributed by atoms with E-state index in [9.17, 15) is 8.42 Å². The van der Waals surface area contributed by atoms with E-state index < -0.39 is 9.05 Å². The minimum absolute atomic E-state index is 0.120. The van der Waals surface area contributed by atoms with Crippen LogP contribution < -0.4 is 0 Å². The Morgan fingerprint density at radius 1 is 1.29 bits per heavy atom. The van der Waals surface area contributed by atoms with Gasteiger partial charge in [-0.1, -0.05) is 12.1 Å². The summed E-state index contributed by atoms with van der Waals surface area (Å²) in [4.78, 5) is 3.83. The Balaban J connectivity index is 2.84. The van der Waals surface area contributed by atoms with Crippen molar-refractivity contribution in [2.75, 3.05) is 6.54 Å². The Morgan fingerprint density at radius 3 is 2.29 bits per heavy atom. The third-order valence-corrected chi connectivity index (χ3v) is 3.13. The highest BCUT2D eigenvalue weighted by Gasteiger charge is 2.08. The predicted molar refractivity (Wildman–Crippen MR) is 57.6 cm³/mol. The summed E-state index contributed by atoms with van der Waals surface area (Å²) >= 11 is 0. The van der Waals surface area contributed by atoms with Crippen LogP contribution in [0.25, 0.3) is 0 Å². The van der Waals surface area contributed by atoms with Crippen molar-refractivity contribution in [2.24, 2.45) is 4.99 Å². The van der Waals surface area contributed by atoms with E-state index in [0.29, 0.717) is 6.54 Å². The average molecular weight is 232 g/mol. The molecule has 0 bridgehead atoms. The number of rotatable bonds is 4. The van der Waals surface area contributed by atoms with Gasteiger partial charge in [0.2, 0.25) is 0 Å². The number of benzene rings is 1. The van der Waals surface area contributed by atoms with Crippen LogP contribution in [0.15, 0.2) is 34.2 Å². The normalized spacial score (nSPS) is 11.2. The van der Waals surface area contributed by atoms with Gasteiger partial charge in [-0.05, 0) is 30.8 Å². The molecule has 0 amide bonds. The SMILES string of the molecule is C=NCCc1ccc(S(=O)(=O)Cl)cc1. The first-order valence-corrected chi connectivity index (χ1v) is 6.31. The smallest absolute Gasteiger partial charge is 0.261 e. The molecule has 0 aliphatic rings. The molecule has 1 aromatic carbocycles. The molecule has 14 heavy (non-hydrogen) atoms. The van der Waals surface area contributed by atoms with E-state index in [-0.39, 0.29) is 4.90 Å². The van der Waals surface area contributed by atoms with Crippen LogP contribution in [0, 0.1) is 0 Å². The maximum Gasteiger partial charge on any atom is 0.261 e. The van der Waals surface area contributed by atoms with Crippen molar-refractivity contribution in [3.63, 3.8) is 0 Å². The fraction of sp³-hybridized carbons (Fsp3) is 0.222. The molecule has 0 aliphatic heterocycles. The maximum absolute atomic E-state index is 10.9. The van der Waals surface area contributed by atoms with Gasteiger partial charge in [0.15, 0.2) is 0 Å². The first-order valence-electron chi connectivity index (χ1n) is 4.00. The summed E-state index contributed by atoms with van der Waals surface area (Å²) in [6, 6.07) is 6.42. The van der Waals surface area contributed by atoms with E-state index in [4.69, 9.17) is 10.7 Å². The molecule has 0 fully saturated rings. The van der Waals surface area contributed by atoms with E-state index in [1.54, 1.807) is 12.1 Å². The van der Waals surface area contributed by atoms with Gasteiger partial charge in [0.25, 0.3) is 9.05 Å². The quantitative estimate of drug-likeness (QED) is 0.587. The Morgan fingerprint density at radius 2 is 1.86 bits per heavy atom. The topological polar surface area (TPSA) is 46.5 Å². The Labute approximate surface area is 87.9 Å². The molecular formula is C9H10ClNO2S. The monoisotopic (exact) mass is 231 g/mol. The fourth-order valence-corrected chi connectivity index (χ4v) is 1.80. The first kappa shape index (κ1) is 11.2. The summed E-state index contributed by atoms with van der Waals surface area (Å²) < 4.78 is 21.8. The zero-order valence-electron chi connectivity index (χ0n) is 7.48. The number of hydrogen-bond acceptors (Lipinski definition) is 3. The highest BCUT2D eigenvalue weighted by molar-refractivity contribution is 8.13. The largest absolute Gasteiger partial charge is 0.301 e. The Hall–Kier alpha value is -0.870. The van der Waals surface area contributed by atoms with Crippen LogP contribution in [0.2, 0.25) is 0 Å². The predicted octanol–water partition coefficient (Wildman–Crippen LogP) is 1.86. The summed E-state index contributed by atoms with van der Waals surface area (Å²) in [5.41, 5.74) is 1.02. The number of halogens is 1. The van der Waals surface area contributed by atoms with E-state index in [1.807, 2.05) is 0 Å². The molecule has 0 saturated heterocycles. The van der Waals surface area contributed by atoms with Crippen molar-refractivity contribution < 1.29 is 8.42 Å². The lowest BCUT2D eigenvalue weighted by molar-refractivity contribution is 0.609. The van der Waals surface area contributed by atoms with Crippen LogP contribution in [0.5, 0.6) is 0 Å². The molecule has 0 aromatic heterocycles. The zero-order chi connectivity index (χ0) is 10.6. The van der Waals surface area contributed by atoms with Gasteiger partial charge in [0.05, 0.1) is 4.90 Å². The van der Waals surface area contributed by atoms with Crippen molar-refractivity contribution in [1.29, 1.82) is 0 Å². The molecule has 0 saturated carbocycles. The molecule has 5 heteroatoms. The third kappa shape index (κ3) is 3.12. The Bertz CT molecular complexity index is 411. The molecule has 0 unspecified atom stereocenters.